The second-order valence-electron chi connectivity index (χ2n) is 8.15. The van der Waals surface area contributed by atoms with Crippen LogP contribution >= 0.6 is 0 Å². The highest BCUT2D eigenvalue weighted by Crippen LogP contribution is 2.45. The van der Waals surface area contributed by atoms with Crippen molar-refractivity contribution in [1.82, 2.24) is 5.32 Å². The molecule has 0 aromatic heterocycles. The Kier molecular flexibility index (Phi) is 5.41. The number of carboxylic acids is 1. The van der Waals surface area contributed by atoms with E-state index in [4.69, 9.17) is 4.74 Å². The maximum absolute atomic E-state index is 12.9. The van der Waals surface area contributed by atoms with E-state index in [1.54, 1.807) is 0 Å². The average molecular weight is 433 g/mol. The molecule has 1 amide bonds. The van der Waals surface area contributed by atoms with Crippen LogP contribution in [0.2, 0.25) is 0 Å². The topological polar surface area (TPSA) is 75.6 Å². The predicted molar refractivity (Wildman–Crippen MR) is 107 cm³/mol. The zero-order valence-electron chi connectivity index (χ0n) is 16.6. The third kappa shape index (κ3) is 3.98. The molecule has 0 aliphatic heterocycles. The number of alkyl halides is 3. The van der Waals surface area contributed by atoms with Crippen molar-refractivity contribution in [1.29, 1.82) is 0 Å². The van der Waals surface area contributed by atoms with Gasteiger partial charge in [0.05, 0.1) is 5.92 Å². The summed E-state index contributed by atoms with van der Waals surface area (Å²) in [4.78, 5) is 24.3. The van der Waals surface area contributed by atoms with Gasteiger partial charge < -0.3 is 15.2 Å². The van der Waals surface area contributed by atoms with Gasteiger partial charge in [0.2, 0.25) is 0 Å². The fourth-order valence-electron chi connectivity index (χ4n) is 4.66. The van der Waals surface area contributed by atoms with Crippen LogP contribution in [0.15, 0.2) is 48.5 Å². The van der Waals surface area contributed by atoms with E-state index in [0.717, 1.165) is 22.3 Å². The van der Waals surface area contributed by atoms with Crippen molar-refractivity contribution < 1.29 is 32.6 Å². The van der Waals surface area contributed by atoms with Gasteiger partial charge in [0.15, 0.2) is 0 Å². The minimum Gasteiger partial charge on any atom is -0.480 e. The second-order valence-corrected chi connectivity index (χ2v) is 8.15. The Balaban J connectivity index is 1.44. The largest absolute Gasteiger partial charge is 0.480 e. The van der Waals surface area contributed by atoms with E-state index in [1.165, 1.54) is 0 Å². The van der Waals surface area contributed by atoms with E-state index in [2.05, 4.69) is 5.32 Å². The van der Waals surface area contributed by atoms with Gasteiger partial charge in [-0.25, -0.2) is 9.59 Å². The molecule has 2 aromatic carbocycles. The fourth-order valence-corrected chi connectivity index (χ4v) is 4.66. The molecule has 2 aliphatic rings. The van der Waals surface area contributed by atoms with E-state index in [0.29, 0.717) is 0 Å². The SMILES string of the molecule is O=C(NC1(C(=O)O)CCC(C(F)(F)F)CC1)OCC1c2ccccc2-c2ccccc21. The molecule has 4 rings (SSSR count). The van der Waals surface area contributed by atoms with Gasteiger partial charge in [0.1, 0.15) is 12.1 Å². The fraction of sp³-hybridized carbons (Fsp3) is 0.391. The molecule has 5 nitrogen and oxygen atoms in total. The number of ether oxygens (including phenoxy) is 1. The molecule has 0 spiro atoms. The van der Waals surface area contributed by atoms with Crippen molar-refractivity contribution in [2.75, 3.05) is 6.61 Å². The second kappa shape index (κ2) is 7.90. The van der Waals surface area contributed by atoms with Crippen molar-refractivity contribution in [3.8, 4) is 11.1 Å². The number of amides is 1. The summed E-state index contributed by atoms with van der Waals surface area (Å²) in [6.45, 7) is 0.000729. The lowest BCUT2D eigenvalue weighted by Crippen LogP contribution is -2.57. The molecule has 0 radical (unpaired) electrons. The number of benzene rings is 2. The van der Waals surface area contributed by atoms with Crippen LogP contribution in [0.25, 0.3) is 11.1 Å². The third-order valence-electron chi connectivity index (χ3n) is 6.40. The Labute approximate surface area is 177 Å². The number of alkyl carbamates (subject to hydrolysis) is 1. The molecular formula is C23H22F3NO4. The lowest BCUT2D eigenvalue weighted by Gasteiger charge is -2.37. The Morgan fingerprint density at radius 2 is 1.52 bits per heavy atom. The number of fused-ring (bicyclic) bond motifs is 3. The zero-order valence-corrected chi connectivity index (χ0v) is 16.6. The number of rotatable bonds is 4. The van der Waals surface area contributed by atoms with E-state index >= 15 is 0 Å². The van der Waals surface area contributed by atoms with Crippen molar-refractivity contribution in [3.63, 3.8) is 0 Å². The lowest BCUT2D eigenvalue weighted by atomic mass is 9.76. The van der Waals surface area contributed by atoms with Crippen molar-refractivity contribution in [3.05, 3.63) is 59.7 Å². The molecule has 0 unspecified atom stereocenters. The maximum atomic E-state index is 12.9. The number of carbonyl (C=O) groups is 2. The Morgan fingerprint density at radius 1 is 1.00 bits per heavy atom. The summed E-state index contributed by atoms with van der Waals surface area (Å²) in [5.41, 5.74) is 2.38. The molecule has 2 N–H and O–H groups in total. The first kappa shape index (κ1) is 21.2. The first-order chi connectivity index (χ1) is 14.7. The van der Waals surface area contributed by atoms with Gasteiger partial charge in [-0.1, -0.05) is 48.5 Å². The van der Waals surface area contributed by atoms with Crippen LogP contribution in [-0.4, -0.2) is 35.5 Å². The summed E-state index contributed by atoms with van der Waals surface area (Å²) in [6.07, 6.45) is -6.59. The molecule has 2 aromatic rings. The van der Waals surface area contributed by atoms with Gasteiger partial charge in [-0.05, 0) is 47.9 Å². The maximum Gasteiger partial charge on any atom is 0.408 e. The molecular weight excluding hydrogens is 411 g/mol. The highest BCUT2D eigenvalue weighted by molar-refractivity contribution is 5.84. The monoisotopic (exact) mass is 433 g/mol. The molecule has 1 saturated carbocycles. The van der Waals surface area contributed by atoms with E-state index in [1.807, 2.05) is 48.5 Å². The summed E-state index contributed by atoms with van der Waals surface area (Å²) in [7, 11) is 0. The number of nitrogens with one attached hydrogen (secondary N) is 1. The van der Waals surface area contributed by atoms with Crippen LogP contribution in [0.1, 0.15) is 42.7 Å². The van der Waals surface area contributed by atoms with Crippen molar-refractivity contribution in [2.24, 2.45) is 5.92 Å². The zero-order chi connectivity index (χ0) is 22.2. The summed E-state index contributed by atoms with van der Waals surface area (Å²) < 4.78 is 44.2. The van der Waals surface area contributed by atoms with Crippen LogP contribution < -0.4 is 5.32 Å². The normalized spacial score (nSPS) is 23.0. The third-order valence-corrected chi connectivity index (χ3v) is 6.40. The molecule has 164 valence electrons. The molecule has 31 heavy (non-hydrogen) atoms. The first-order valence-electron chi connectivity index (χ1n) is 10.1. The van der Waals surface area contributed by atoms with Crippen LogP contribution in [0, 0.1) is 5.92 Å². The first-order valence-corrected chi connectivity index (χ1v) is 10.1. The molecule has 0 bridgehead atoms. The summed E-state index contributed by atoms with van der Waals surface area (Å²) in [5.74, 6) is -3.09. The number of carboxylic acid groups (broad SMARTS) is 1. The van der Waals surface area contributed by atoms with Gasteiger partial charge in [0.25, 0.3) is 0 Å². The van der Waals surface area contributed by atoms with Gasteiger partial charge >= 0.3 is 18.2 Å². The molecule has 8 heteroatoms. The van der Waals surface area contributed by atoms with Gasteiger partial charge in [-0.2, -0.15) is 13.2 Å². The predicted octanol–water partition coefficient (Wildman–Crippen LogP) is 5.10. The number of halogens is 3. The van der Waals surface area contributed by atoms with Crippen molar-refractivity contribution >= 4 is 12.1 Å². The van der Waals surface area contributed by atoms with Crippen LogP contribution in [0.5, 0.6) is 0 Å². The highest BCUT2D eigenvalue weighted by Gasteiger charge is 2.50. The highest BCUT2D eigenvalue weighted by atomic mass is 19.4. The van der Waals surface area contributed by atoms with Crippen LogP contribution in [-0.2, 0) is 9.53 Å². The number of aliphatic carboxylic acids is 1. The standard InChI is InChI=1S/C23H22F3NO4/c24-23(25,26)14-9-11-22(12-10-14,20(28)29)27-21(30)31-13-19-17-7-3-1-5-15(17)16-6-2-4-8-18(16)19/h1-8,14,19H,9-13H2,(H,27,30)(H,28,29). The number of carbonyl (C=O) groups excluding carboxylic acids is 1. The lowest BCUT2D eigenvalue weighted by molar-refractivity contribution is -0.188. The Morgan fingerprint density at radius 3 is 2.00 bits per heavy atom. The molecule has 0 heterocycles. The summed E-state index contributed by atoms with van der Waals surface area (Å²) in [5, 5.41) is 12.0. The summed E-state index contributed by atoms with van der Waals surface area (Å²) in [6, 6.07) is 15.6. The van der Waals surface area contributed by atoms with E-state index < -0.39 is 29.7 Å². The minimum absolute atomic E-state index is 0.000729. The van der Waals surface area contributed by atoms with Gasteiger partial charge in [0, 0.05) is 5.92 Å². The van der Waals surface area contributed by atoms with Crippen LogP contribution in [0.3, 0.4) is 0 Å². The van der Waals surface area contributed by atoms with Gasteiger partial charge in [-0.3, -0.25) is 0 Å². The molecule has 2 aliphatic carbocycles. The average Bonchev–Trinajstić information content (AvgIpc) is 3.06. The number of hydrogen-bond donors (Lipinski definition) is 2. The quantitative estimate of drug-likeness (QED) is 0.703. The molecule has 0 atom stereocenters. The summed E-state index contributed by atoms with van der Waals surface area (Å²) >= 11 is 0. The smallest absolute Gasteiger partial charge is 0.408 e. The van der Waals surface area contributed by atoms with E-state index in [9.17, 15) is 27.9 Å². The molecule has 1 fully saturated rings. The molecule has 0 saturated heterocycles. The van der Waals surface area contributed by atoms with Gasteiger partial charge in [-0.15, -0.1) is 0 Å². The van der Waals surface area contributed by atoms with Crippen molar-refractivity contribution in [2.45, 2.75) is 43.3 Å². The number of hydrogen-bond acceptors (Lipinski definition) is 3. The Hall–Kier alpha value is -3.03. The Bertz CT molecular complexity index is 951. The minimum atomic E-state index is -4.37. The van der Waals surface area contributed by atoms with Crippen LogP contribution in [0.4, 0.5) is 18.0 Å². The van der Waals surface area contributed by atoms with E-state index in [-0.39, 0.29) is 38.2 Å².